The molecule has 0 saturated heterocycles. The van der Waals surface area contributed by atoms with Crippen LogP contribution in [-0.4, -0.2) is 23.4 Å². The average molecular weight is 170 g/mol. The number of Topliss-reactive ketones (excluding diaryl/α,β-unsaturated/α-hetero) is 1. The van der Waals surface area contributed by atoms with Gasteiger partial charge in [-0.3, -0.25) is 9.80 Å². The molecule has 0 aromatic rings. The molecule has 0 radical (unpaired) electrons. The van der Waals surface area contributed by atoms with Gasteiger partial charge in [-0.05, 0) is 19.8 Å². The lowest BCUT2D eigenvalue weighted by molar-refractivity contribution is -0.132. The fraction of sp³-hybridized carbons (Fsp3) is 0.875. The lowest BCUT2D eigenvalue weighted by Crippen LogP contribution is -2.49. The van der Waals surface area contributed by atoms with Crippen LogP contribution >= 0.6 is 0 Å². The van der Waals surface area contributed by atoms with Crippen LogP contribution < -0.4 is 0 Å². The second kappa shape index (κ2) is 3.21. The molecule has 4 heteroatoms. The van der Waals surface area contributed by atoms with Gasteiger partial charge in [-0.15, -0.1) is 4.91 Å². The molecule has 1 aliphatic carbocycles. The average Bonchev–Trinajstić information content (AvgIpc) is 2.09. The molecular weight excluding hydrogens is 156 g/mol. The predicted molar refractivity (Wildman–Crippen MR) is 45.4 cm³/mol. The van der Waals surface area contributed by atoms with Crippen LogP contribution in [-0.2, 0) is 4.79 Å². The van der Waals surface area contributed by atoms with Gasteiger partial charge in [-0.2, -0.15) is 0 Å². The predicted octanol–water partition coefficient (Wildman–Crippen LogP) is 1.50. The van der Waals surface area contributed by atoms with E-state index in [4.69, 9.17) is 0 Å². The quantitative estimate of drug-likeness (QED) is 0.466. The molecular formula is C8H14N2O2. The van der Waals surface area contributed by atoms with Crippen molar-refractivity contribution < 1.29 is 4.79 Å². The molecule has 4 nitrogen and oxygen atoms in total. The Morgan fingerprint density at radius 1 is 1.50 bits per heavy atom. The summed E-state index contributed by atoms with van der Waals surface area (Å²) in [6.45, 7) is 1.79. The van der Waals surface area contributed by atoms with Gasteiger partial charge in [0.05, 0.1) is 5.29 Å². The molecule has 1 atom stereocenters. The molecule has 68 valence electrons. The van der Waals surface area contributed by atoms with E-state index >= 15 is 0 Å². The third kappa shape index (κ3) is 1.33. The SMILES string of the molecule is CN(N=O)C1(C)CCCCC1=O. The number of rotatable bonds is 2. The zero-order valence-corrected chi connectivity index (χ0v) is 7.54. The summed E-state index contributed by atoms with van der Waals surface area (Å²) in [6.07, 6.45) is 3.27. The minimum atomic E-state index is -0.639. The fourth-order valence-corrected chi connectivity index (χ4v) is 1.60. The number of ketones is 1. The van der Waals surface area contributed by atoms with Crippen molar-refractivity contribution in [2.24, 2.45) is 5.29 Å². The van der Waals surface area contributed by atoms with E-state index in [1.54, 1.807) is 14.0 Å². The van der Waals surface area contributed by atoms with Crippen LogP contribution in [0, 0.1) is 4.91 Å². The molecule has 1 rings (SSSR count). The van der Waals surface area contributed by atoms with Gasteiger partial charge in [0.1, 0.15) is 5.54 Å². The summed E-state index contributed by atoms with van der Waals surface area (Å²) in [5.41, 5.74) is -0.639. The molecule has 0 spiro atoms. The highest BCUT2D eigenvalue weighted by Crippen LogP contribution is 2.29. The summed E-state index contributed by atoms with van der Waals surface area (Å²) < 4.78 is 0. The molecule has 1 saturated carbocycles. The second-order valence-corrected chi connectivity index (χ2v) is 3.51. The van der Waals surface area contributed by atoms with Crippen LogP contribution in [0.1, 0.15) is 32.6 Å². The number of likely N-dealkylation sites (N-methyl/N-ethyl adjacent to an activating group) is 1. The van der Waals surface area contributed by atoms with Gasteiger partial charge >= 0.3 is 0 Å². The van der Waals surface area contributed by atoms with Crippen molar-refractivity contribution in [3.63, 3.8) is 0 Å². The maximum Gasteiger partial charge on any atom is 0.159 e. The number of carbonyl (C=O) groups is 1. The van der Waals surface area contributed by atoms with Gasteiger partial charge in [0.15, 0.2) is 5.78 Å². The highest BCUT2D eigenvalue weighted by molar-refractivity contribution is 5.88. The van der Waals surface area contributed by atoms with Crippen LogP contribution in [0.15, 0.2) is 5.29 Å². The number of carbonyl (C=O) groups excluding carboxylic acids is 1. The normalized spacial score (nSPS) is 30.0. The molecule has 0 aliphatic heterocycles. The summed E-state index contributed by atoms with van der Waals surface area (Å²) in [5, 5.41) is 4.04. The molecule has 0 aromatic heterocycles. The van der Waals surface area contributed by atoms with Gasteiger partial charge in [0, 0.05) is 13.5 Å². The van der Waals surface area contributed by atoms with Crippen molar-refractivity contribution in [2.75, 3.05) is 7.05 Å². The summed E-state index contributed by atoms with van der Waals surface area (Å²) in [5.74, 6) is 0.135. The van der Waals surface area contributed by atoms with Crippen molar-refractivity contribution in [3.8, 4) is 0 Å². The van der Waals surface area contributed by atoms with Gasteiger partial charge in [0.25, 0.3) is 0 Å². The van der Waals surface area contributed by atoms with Crippen molar-refractivity contribution in [2.45, 2.75) is 38.1 Å². The molecule has 1 unspecified atom stereocenters. The Morgan fingerprint density at radius 3 is 2.67 bits per heavy atom. The molecule has 0 amide bonds. The Labute approximate surface area is 71.9 Å². The van der Waals surface area contributed by atoms with Gasteiger partial charge in [-0.1, -0.05) is 6.42 Å². The van der Waals surface area contributed by atoms with Crippen molar-refractivity contribution in [1.29, 1.82) is 0 Å². The maximum atomic E-state index is 11.5. The molecule has 0 aromatic carbocycles. The van der Waals surface area contributed by atoms with Gasteiger partial charge < -0.3 is 0 Å². The van der Waals surface area contributed by atoms with Crippen LogP contribution in [0.25, 0.3) is 0 Å². The Bertz CT molecular complexity index is 205. The first kappa shape index (κ1) is 9.16. The summed E-state index contributed by atoms with van der Waals surface area (Å²) in [6, 6.07) is 0. The monoisotopic (exact) mass is 170 g/mol. The van der Waals surface area contributed by atoms with E-state index in [-0.39, 0.29) is 5.78 Å². The second-order valence-electron chi connectivity index (χ2n) is 3.51. The summed E-state index contributed by atoms with van der Waals surface area (Å²) >= 11 is 0. The van der Waals surface area contributed by atoms with Crippen molar-refractivity contribution in [1.82, 2.24) is 5.01 Å². The lowest BCUT2D eigenvalue weighted by Gasteiger charge is -2.36. The number of hydrogen-bond acceptors (Lipinski definition) is 3. The zero-order chi connectivity index (χ0) is 9.19. The smallest absolute Gasteiger partial charge is 0.159 e. The van der Waals surface area contributed by atoms with E-state index in [1.165, 1.54) is 5.01 Å². The lowest BCUT2D eigenvalue weighted by atomic mass is 9.82. The minimum absolute atomic E-state index is 0.135. The van der Waals surface area contributed by atoms with Gasteiger partial charge in [-0.25, -0.2) is 0 Å². The Morgan fingerprint density at radius 2 is 2.17 bits per heavy atom. The van der Waals surface area contributed by atoms with Gasteiger partial charge in [0.2, 0.25) is 0 Å². The van der Waals surface area contributed by atoms with E-state index in [0.29, 0.717) is 6.42 Å². The van der Waals surface area contributed by atoms with E-state index in [9.17, 15) is 9.70 Å². The van der Waals surface area contributed by atoms with E-state index in [1.807, 2.05) is 0 Å². The molecule has 0 heterocycles. The summed E-state index contributed by atoms with van der Waals surface area (Å²) in [7, 11) is 1.57. The maximum absolute atomic E-state index is 11.5. The Balaban J connectivity index is 2.78. The molecule has 12 heavy (non-hydrogen) atoms. The number of nitroso groups, excluding NO2 is 1. The standard InChI is InChI=1S/C8H14N2O2/c1-8(10(2)9-12)6-4-3-5-7(8)11/h3-6H2,1-2H3. The first-order valence-corrected chi connectivity index (χ1v) is 4.21. The Kier molecular flexibility index (Phi) is 2.45. The molecule has 1 aliphatic rings. The van der Waals surface area contributed by atoms with Crippen molar-refractivity contribution >= 4 is 5.78 Å². The largest absolute Gasteiger partial charge is 0.297 e. The molecule has 1 fully saturated rings. The van der Waals surface area contributed by atoms with Crippen LogP contribution in [0.5, 0.6) is 0 Å². The van der Waals surface area contributed by atoms with Crippen LogP contribution in [0.2, 0.25) is 0 Å². The van der Waals surface area contributed by atoms with E-state index in [0.717, 1.165) is 19.3 Å². The highest BCUT2D eigenvalue weighted by Gasteiger charge is 2.39. The minimum Gasteiger partial charge on any atom is -0.297 e. The third-order valence-electron chi connectivity index (χ3n) is 2.75. The first-order valence-electron chi connectivity index (χ1n) is 4.21. The third-order valence-corrected chi connectivity index (χ3v) is 2.75. The Hall–Kier alpha value is -0.930. The van der Waals surface area contributed by atoms with E-state index in [2.05, 4.69) is 5.29 Å². The zero-order valence-electron chi connectivity index (χ0n) is 7.54. The number of nitrogens with zero attached hydrogens (tertiary/aromatic N) is 2. The van der Waals surface area contributed by atoms with Crippen molar-refractivity contribution in [3.05, 3.63) is 4.91 Å². The van der Waals surface area contributed by atoms with Crippen LogP contribution in [0.4, 0.5) is 0 Å². The van der Waals surface area contributed by atoms with Crippen LogP contribution in [0.3, 0.4) is 0 Å². The molecule has 0 N–H and O–H groups in total. The highest BCUT2D eigenvalue weighted by atomic mass is 16.3. The fourth-order valence-electron chi connectivity index (χ4n) is 1.60. The summed E-state index contributed by atoms with van der Waals surface area (Å²) in [4.78, 5) is 21.8. The molecule has 0 bridgehead atoms. The first-order chi connectivity index (χ1) is 5.61. The van der Waals surface area contributed by atoms with E-state index < -0.39 is 5.54 Å². The number of hydrogen-bond donors (Lipinski definition) is 0. The topological polar surface area (TPSA) is 49.7 Å².